The molecule has 2 aromatic carbocycles. The number of hydrogen-bond acceptors (Lipinski definition) is 3. The predicted molar refractivity (Wildman–Crippen MR) is 79.0 cm³/mol. The molecule has 0 radical (unpaired) electrons. The number of benzene rings is 2. The maximum absolute atomic E-state index is 10.6. The van der Waals surface area contributed by atoms with E-state index in [-0.39, 0.29) is 0 Å². The first kappa shape index (κ1) is 14.4. The van der Waals surface area contributed by atoms with Crippen molar-refractivity contribution in [3.63, 3.8) is 0 Å². The molecule has 104 valence electrons. The zero-order chi connectivity index (χ0) is 14.4. The molecular formula is C16H15ClO3. The summed E-state index contributed by atoms with van der Waals surface area (Å²) in [6.45, 7) is 2.76. The molecular weight excluding hydrogens is 276 g/mol. The van der Waals surface area contributed by atoms with Gasteiger partial charge in [0.15, 0.2) is 0 Å². The van der Waals surface area contributed by atoms with Crippen molar-refractivity contribution in [2.75, 3.05) is 13.2 Å². The van der Waals surface area contributed by atoms with Crippen molar-refractivity contribution in [3.8, 4) is 11.5 Å². The summed E-state index contributed by atoms with van der Waals surface area (Å²) < 4.78 is 11.1. The highest BCUT2D eigenvalue weighted by atomic mass is 35.5. The molecule has 20 heavy (non-hydrogen) atoms. The maximum atomic E-state index is 10.6. The van der Waals surface area contributed by atoms with Gasteiger partial charge in [0, 0.05) is 10.6 Å². The van der Waals surface area contributed by atoms with Crippen LogP contribution in [0.15, 0.2) is 42.5 Å². The van der Waals surface area contributed by atoms with E-state index in [9.17, 15) is 4.79 Å². The van der Waals surface area contributed by atoms with Gasteiger partial charge in [-0.15, -0.1) is 0 Å². The Morgan fingerprint density at radius 3 is 2.40 bits per heavy atom. The zero-order valence-electron chi connectivity index (χ0n) is 11.1. The van der Waals surface area contributed by atoms with Crippen LogP contribution in [0, 0.1) is 6.92 Å². The number of rotatable bonds is 6. The first-order chi connectivity index (χ1) is 9.69. The van der Waals surface area contributed by atoms with Gasteiger partial charge in [-0.25, -0.2) is 0 Å². The SMILES string of the molecule is Cc1cc(OCCOc2cccc(C=O)c2)ccc1Cl. The summed E-state index contributed by atoms with van der Waals surface area (Å²) in [5.74, 6) is 1.42. The first-order valence-electron chi connectivity index (χ1n) is 6.26. The molecule has 0 saturated carbocycles. The molecule has 0 unspecified atom stereocenters. The number of carbonyl (C=O) groups is 1. The van der Waals surface area contributed by atoms with Crippen LogP contribution < -0.4 is 9.47 Å². The van der Waals surface area contributed by atoms with E-state index in [4.69, 9.17) is 21.1 Å². The van der Waals surface area contributed by atoms with Gasteiger partial charge in [-0.1, -0.05) is 23.7 Å². The second kappa shape index (κ2) is 6.96. The summed E-state index contributed by atoms with van der Waals surface area (Å²) in [6.07, 6.45) is 0.792. The molecule has 0 N–H and O–H groups in total. The van der Waals surface area contributed by atoms with Crippen LogP contribution in [0.2, 0.25) is 5.02 Å². The van der Waals surface area contributed by atoms with Crippen LogP contribution in [0.5, 0.6) is 11.5 Å². The minimum atomic E-state index is 0.407. The molecule has 0 spiro atoms. The van der Waals surface area contributed by atoms with Gasteiger partial charge < -0.3 is 9.47 Å². The average molecular weight is 291 g/mol. The highest BCUT2D eigenvalue weighted by Crippen LogP contribution is 2.21. The number of aldehydes is 1. The molecule has 0 aliphatic carbocycles. The monoisotopic (exact) mass is 290 g/mol. The molecule has 3 nitrogen and oxygen atoms in total. The molecule has 0 heterocycles. The lowest BCUT2D eigenvalue weighted by molar-refractivity contribution is 0.112. The number of ether oxygens (including phenoxy) is 2. The lowest BCUT2D eigenvalue weighted by Crippen LogP contribution is -2.09. The van der Waals surface area contributed by atoms with Gasteiger partial charge >= 0.3 is 0 Å². The summed E-state index contributed by atoms with van der Waals surface area (Å²) >= 11 is 5.94. The highest BCUT2D eigenvalue weighted by molar-refractivity contribution is 6.31. The summed E-state index contributed by atoms with van der Waals surface area (Å²) in [6, 6.07) is 12.5. The molecule has 0 aliphatic rings. The van der Waals surface area contributed by atoms with Gasteiger partial charge in [-0.05, 0) is 42.8 Å². The van der Waals surface area contributed by atoms with Crippen molar-refractivity contribution in [2.24, 2.45) is 0 Å². The van der Waals surface area contributed by atoms with Crippen molar-refractivity contribution < 1.29 is 14.3 Å². The average Bonchev–Trinajstić information content (AvgIpc) is 2.47. The second-order valence-corrected chi connectivity index (χ2v) is 4.71. The molecule has 2 aromatic rings. The predicted octanol–water partition coefficient (Wildman–Crippen LogP) is 3.92. The van der Waals surface area contributed by atoms with E-state index in [1.54, 1.807) is 30.3 Å². The fourth-order valence-corrected chi connectivity index (χ4v) is 1.82. The standard InChI is InChI=1S/C16H15ClO3/c1-12-9-15(5-6-16(12)17)20-8-7-19-14-4-2-3-13(10-14)11-18/h2-6,9-11H,7-8H2,1H3. The minimum Gasteiger partial charge on any atom is -0.490 e. The Kier molecular flexibility index (Phi) is 5.02. The minimum absolute atomic E-state index is 0.407. The van der Waals surface area contributed by atoms with E-state index in [0.717, 1.165) is 22.6 Å². The first-order valence-corrected chi connectivity index (χ1v) is 6.64. The molecule has 0 amide bonds. The summed E-state index contributed by atoms with van der Waals surface area (Å²) in [7, 11) is 0. The Bertz CT molecular complexity index is 596. The Morgan fingerprint density at radius 1 is 1.05 bits per heavy atom. The number of aryl methyl sites for hydroxylation is 1. The van der Waals surface area contributed by atoms with Crippen molar-refractivity contribution in [2.45, 2.75) is 6.92 Å². The van der Waals surface area contributed by atoms with Crippen molar-refractivity contribution in [3.05, 3.63) is 58.6 Å². The summed E-state index contributed by atoms with van der Waals surface area (Å²) in [4.78, 5) is 10.6. The highest BCUT2D eigenvalue weighted by Gasteiger charge is 2.00. The number of carbonyl (C=O) groups excluding carboxylic acids is 1. The lowest BCUT2D eigenvalue weighted by Gasteiger charge is -2.09. The third kappa shape index (κ3) is 4.00. The number of hydrogen-bond donors (Lipinski definition) is 0. The Balaban J connectivity index is 1.81. The third-order valence-corrected chi connectivity index (χ3v) is 3.17. The number of halogens is 1. The van der Waals surface area contributed by atoms with Crippen molar-refractivity contribution in [1.29, 1.82) is 0 Å². The van der Waals surface area contributed by atoms with E-state index in [0.29, 0.717) is 24.5 Å². The van der Waals surface area contributed by atoms with Crippen LogP contribution in [-0.2, 0) is 0 Å². The van der Waals surface area contributed by atoms with Gasteiger partial charge in [0.1, 0.15) is 31.0 Å². The zero-order valence-corrected chi connectivity index (χ0v) is 11.9. The molecule has 0 fully saturated rings. The van der Waals surface area contributed by atoms with Crippen molar-refractivity contribution >= 4 is 17.9 Å². The van der Waals surface area contributed by atoms with Gasteiger partial charge in [0.25, 0.3) is 0 Å². The van der Waals surface area contributed by atoms with Crippen LogP contribution in [0.3, 0.4) is 0 Å². The van der Waals surface area contributed by atoms with E-state index in [1.807, 2.05) is 19.1 Å². The third-order valence-electron chi connectivity index (χ3n) is 2.74. The largest absolute Gasteiger partial charge is 0.490 e. The van der Waals surface area contributed by atoms with Gasteiger partial charge in [-0.2, -0.15) is 0 Å². The van der Waals surface area contributed by atoms with E-state index < -0.39 is 0 Å². The van der Waals surface area contributed by atoms with Crippen LogP contribution in [0.4, 0.5) is 0 Å². The molecule has 0 bridgehead atoms. The van der Waals surface area contributed by atoms with Crippen LogP contribution in [0.25, 0.3) is 0 Å². The fraction of sp³-hybridized carbons (Fsp3) is 0.188. The normalized spacial score (nSPS) is 10.1. The topological polar surface area (TPSA) is 35.5 Å². The van der Waals surface area contributed by atoms with Gasteiger partial charge in [-0.3, -0.25) is 4.79 Å². The maximum Gasteiger partial charge on any atom is 0.150 e. The molecule has 0 saturated heterocycles. The van der Waals surface area contributed by atoms with Crippen LogP contribution in [0.1, 0.15) is 15.9 Å². The molecule has 4 heteroatoms. The fourth-order valence-electron chi connectivity index (χ4n) is 1.70. The molecule has 2 rings (SSSR count). The van der Waals surface area contributed by atoms with Crippen LogP contribution in [-0.4, -0.2) is 19.5 Å². The Morgan fingerprint density at radius 2 is 1.75 bits per heavy atom. The van der Waals surface area contributed by atoms with E-state index in [2.05, 4.69) is 0 Å². The van der Waals surface area contributed by atoms with Gasteiger partial charge in [0.2, 0.25) is 0 Å². The summed E-state index contributed by atoms with van der Waals surface area (Å²) in [5.41, 5.74) is 1.57. The molecule has 0 aromatic heterocycles. The molecule has 0 aliphatic heterocycles. The van der Waals surface area contributed by atoms with Crippen LogP contribution >= 0.6 is 11.6 Å². The quantitative estimate of drug-likeness (QED) is 0.597. The van der Waals surface area contributed by atoms with E-state index in [1.165, 1.54) is 0 Å². The van der Waals surface area contributed by atoms with Gasteiger partial charge in [0.05, 0.1) is 0 Å². The Labute approximate surface area is 123 Å². The van der Waals surface area contributed by atoms with E-state index >= 15 is 0 Å². The second-order valence-electron chi connectivity index (χ2n) is 4.30. The lowest BCUT2D eigenvalue weighted by atomic mass is 10.2. The molecule has 0 atom stereocenters. The smallest absolute Gasteiger partial charge is 0.150 e. The summed E-state index contributed by atoms with van der Waals surface area (Å²) in [5, 5.41) is 0.722. The van der Waals surface area contributed by atoms with Crippen molar-refractivity contribution in [1.82, 2.24) is 0 Å². The Hall–Kier alpha value is -2.00.